The number of piperidine rings is 1. The van der Waals surface area contributed by atoms with Crippen molar-refractivity contribution >= 4 is 11.6 Å². The molecule has 29 heavy (non-hydrogen) atoms. The van der Waals surface area contributed by atoms with E-state index in [4.69, 9.17) is 0 Å². The minimum absolute atomic E-state index is 0.0755. The van der Waals surface area contributed by atoms with Crippen LogP contribution in [-0.4, -0.2) is 33.2 Å². The Morgan fingerprint density at radius 2 is 1.72 bits per heavy atom. The fourth-order valence-corrected chi connectivity index (χ4v) is 4.70. The average molecular weight is 387 g/mol. The molecule has 2 aliphatic rings. The molecule has 0 saturated carbocycles. The number of nitrogens with zero attached hydrogens (tertiary/aromatic N) is 2. The van der Waals surface area contributed by atoms with Crippen LogP contribution in [0.1, 0.15) is 32.1 Å². The van der Waals surface area contributed by atoms with Crippen LogP contribution in [0.15, 0.2) is 54.6 Å². The van der Waals surface area contributed by atoms with E-state index in [9.17, 15) is 4.79 Å². The zero-order chi connectivity index (χ0) is 19.6. The number of para-hydroxylation sites is 1. The SMILES string of the molecule is O=C(CC1CC2CCC(C1)N2)Nc1ccccc1-c1nc(-c2ccccc2)n[nH]1. The van der Waals surface area contributed by atoms with E-state index in [-0.39, 0.29) is 5.91 Å². The Morgan fingerprint density at radius 1 is 1.00 bits per heavy atom. The molecule has 1 amide bonds. The van der Waals surface area contributed by atoms with E-state index in [1.165, 1.54) is 12.8 Å². The standard InChI is InChI=1S/C23H25N5O/c29-21(14-15-12-17-10-11-18(13-15)24-17)25-20-9-5-4-8-19(20)23-26-22(27-28-23)16-6-2-1-3-7-16/h1-9,15,17-18,24H,10-14H2,(H,25,29)(H,26,27,28). The number of nitrogens with one attached hydrogen (secondary N) is 3. The van der Waals surface area contributed by atoms with Crippen molar-refractivity contribution in [2.45, 2.75) is 44.2 Å². The van der Waals surface area contributed by atoms with Gasteiger partial charge in [-0.1, -0.05) is 42.5 Å². The van der Waals surface area contributed by atoms with Crippen molar-refractivity contribution in [3.63, 3.8) is 0 Å². The number of anilines is 1. The molecular formula is C23H25N5O. The van der Waals surface area contributed by atoms with Crippen molar-refractivity contribution < 1.29 is 4.79 Å². The van der Waals surface area contributed by atoms with E-state index < -0.39 is 0 Å². The molecule has 2 aromatic carbocycles. The van der Waals surface area contributed by atoms with Crippen molar-refractivity contribution in [3.8, 4) is 22.8 Å². The maximum Gasteiger partial charge on any atom is 0.224 e. The van der Waals surface area contributed by atoms with Crippen LogP contribution in [0.3, 0.4) is 0 Å². The van der Waals surface area contributed by atoms with Crippen LogP contribution in [0.25, 0.3) is 22.8 Å². The molecule has 1 aromatic heterocycles. The van der Waals surface area contributed by atoms with E-state index >= 15 is 0 Å². The quantitative estimate of drug-likeness (QED) is 0.618. The number of aromatic nitrogens is 3. The zero-order valence-electron chi connectivity index (χ0n) is 16.3. The molecule has 2 bridgehead atoms. The molecule has 2 atom stereocenters. The van der Waals surface area contributed by atoms with Gasteiger partial charge >= 0.3 is 0 Å². The van der Waals surface area contributed by atoms with Gasteiger partial charge in [0.15, 0.2) is 11.6 Å². The summed E-state index contributed by atoms with van der Waals surface area (Å²) in [7, 11) is 0. The molecule has 6 nitrogen and oxygen atoms in total. The van der Waals surface area contributed by atoms with Crippen LogP contribution in [0, 0.1) is 5.92 Å². The molecule has 148 valence electrons. The minimum atomic E-state index is 0.0755. The number of rotatable bonds is 5. The van der Waals surface area contributed by atoms with Crippen molar-refractivity contribution in [3.05, 3.63) is 54.6 Å². The predicted octanol–water partition coefficient (Wildman–Crippen LogP) is 4.00. The molecule has 0 radical (unpaired) electrons. The molecule has 2 aliphatic heterocycles. The molecule has 3 aromatic rings. The monoisotopic (exact) mass is 387 g/mol. The molecule has 2 saturated heterocycles. The van der Waals surface area contributed by atoms with Gasteiger partial charge < -0.3 is 10.6 Å². The summed E-state index contributed by atoms with van der Waals surface area (Å²) in [6, 6.07) is 18.8. The average Bonchev–Trinajstić information content (AvgIpc) is 3.36. The summed E-state index contributed by atoms with van der Waals surface area (Å²) < 4.78 is 0. The zero-order valence-corrected chi connectivity index (χ0v) is 16.3. The van der Waals surface area contributed by atoms with Gasteiger partial charge in [0.25, 0.3) is 0 Å². The van der Waals surface area contributed by atoms with Crippen LogP contribution in [0.5, 0.6) is 0 Å². The number of aromatic amines is 1. The van der Waals surface area contributed by atoms with E-state index in [1.807, 2.05) is 54.6 Å². The summed E-state index contributed by atoms with van der Waals surface area (Å²) in [5.41, 5.74) is 2.57. The Labute approximate surface area is 170 Å². The summed E-state index contributed by atoms with van der Waals surface area (Å²) >= 11 is 0. The maximum atomic E-state index is 12.7. The smallest absolute Gasteiger partial charge is 0.224 e. The van der Waals surface area contributed by atoms with Gasteiger partial charge in [0, 0.05) is 29.6 Å². The second-order valence-electron chi connectivity index (χ2n) is 8.15. The van der Waals surface area contributed by atoms with Gasteiger partial charge in [0.05, 0.1) is 5.69 Å². The Bertz CT molecular complexity index is 987. The molecule has 0 aliphatic carbocycles. The summed E-state index contributed by atoms with van der Waals surface area (Å²) in [4.78, 5) is 17.4. The predicted molar refractivity (Wildman–Crippen MR) is 113 cm³/mol. The molecule has 3 N–H and O–H groups in total. The number of fused-ring (bicyclic) bond motifs is 2. The molecule has 0 spiro atoms. The van der Waals surface area contributed by atoms with Crippen LogP contribution in [0.4, 0.5) is 5.69 Å². The lowest BCUT2D eigenvalue weighted by Gasteiger charge is -2.28. The number of benzene rings is 2. The summed E-state index contributed by atoms with van der Waals surface area (Å²) in [5, 5.41) is 14.1. The van der Waals surface area contributed by atoms with Gasteiger partial charge in [0.1, 0.15) is 0 Å². The molecule has 2 fully saturated rings. The molecular weight excluding hydrogens is 362 g/mol. The molecule has 5 rings (SSSR count). The molecule has 2 unspecified atom stereocenters. The van der Waals surface area contributed by atoms with Gasteiger partial charge in [-0.15, -0.1) is 0 Å². The van der Waals surface area contributed by atoms with Gasteiger partial charge in [0.2, 0.25) is 5.91 Å². The highest BCUT2D eigenvalue weighted by Gasteiger charge is 2.34. The van der Waals surface area contributed by atoms with Gasteiger partial charge in [-0.2, -0.15) is 5.10 Å². The second-order valence-corrected chi connectivity index (χ2v) is 8.15. The van der Waals surface area contributed by atoms with Gasteiger partial charge in [-0.05, 0) is 43.7 Å². The van der Waals surface area contributed by atoms with Gasteiger partial charge in [-0.3, -0.25) is 9.89 Å². The van der Waals surface area contributed by atoms with E-state index in [0.717, 1.165) is 29.7 Å². The first-order valence-electron chi connectivity index (χ1n) is 10.4. The normalized spacial score (nSPS) is 23.1. The lowest BCUT2D eigenvalue weighted by atomic mass is 9.89. The minimum Gasteiger partial charge on any atom is -0.325 e. The lowest BCUT2D eigenvalue weighted by Crippen LogP contribution is -2.39. The number of carbonyl (C=O) groups excluding carboxylic acids is 1. The fourth-order valence-electron chi connectivity index (χ4n) is 4.70. The first-order chi connectivity index (χ1) is 14.2. The number of carbonyl (C=O) groups is 1. The third-order valence-electron chi connectivity index (χ3n) is 6.02. The van der Waals surface area contributed by atoms with Crippen molar-refractivity contribution in [1.82, 2.24) is 20.5 Å². The van der Waals surface area contributed by atoms with Crippen molar-refractivity contribution in [1.29, 1.82) is 0 Å². The topological polar surface area (TPSA) is 82.7 Å². The Hall–Kier alpha value is -2.99. The summed E-state index contributed by atoms with van der Waals surface area (Å²) in [6.07, 6.45) is 5.29. The van der Waals surface area contributed by atoms with Crippen LogP contribution in [0.2, 0.25) is 0 Å². The highest BCUT2D eigenvalue weighted by molar-refractivity contribution is 5.94. The fraction of sp³-hybridized carbons (Fsp3) is 0.348. The second kappa shape index (κ2) is 7.79. The Morgan fingerprint density at radius 3 is 2.52 bits per heavy atom. The van der Waals surface area contributed by atoms with Crippen LogP contribution >= 0.6 is 0 Å². The highest BCUT2D eigenvalue weighted by atomic mass is 16.1. The lowest BCUT2D eigenvalue weighted by molar-refractivity contribution is -0.117. The number of hydrogen-bond acceptors (Lipinski definition) is 4. The van der Waals surface area contributed by atoms with Crippen LogP contribution < -0.4 is 10.6 Å². The summed E-state index contributed by atoms with van der Waals surface area (Å²) in [5.74, 6) is 1.84. The summed E-state index contributed by atoms with van der Waals surface area (Å²) in [6.45, 7) is 0. The maximum absolute atomic E-state index is 12.7. The third kappa shape index (κ3) is 3.93. The number of H-pyrrole nitrogens is 1. The van der Waals surface area contributed by atoms with E-state index in [0.29, 0.717) is 36.1 Å². The molecule has 6 heteroatoms. The number of amides is 1. The first-order valence-corrected chi connectivity index (χ1v) is 10.4. The van der Waals surface area contributed by atoms with E-state index in [1.54, 1.807) is 0 Å². The van der Waals surface area contributed by atoms with Gasteiger partial charge in [-0.25, -0.2) is 4.98 Å². The number of hydrogen-bond donors (Lipinski definition) is 3. The van der Waals surface area contributed by atoms with Crippen LogP contribution in [-0.2, 0) is 4.79 Å². The Balaban J connectivity index is 1.31. The van der Waals surface area contributed by atoms with E-state index in [2.05, 4.69) is 25.8 Å². The highest BCUT2D eigenvalue weighted by Crippen LogP contribution is 2.33. The van der Waals surface area contributed by atoms with Crippen molar-refractivity contribution in [2.24, 2.45) is 5.92 Å². The van der Waals surface area contributed by atoms with Crippen molar-refractivity contribution in [2.75, 3.05) is 5.32 Å². The largest absolute Gasteiger partial charge is 0.325 e. The molecule has 3 heterocycles. The third-order valence-corrected chi connectivity index (χ3v) is 6.02. The first kappa shape index (κ1) is 18.1. The Kier molecular flexibility index (Phi) is 4.86.